The molecule has 0 spiro atoms. The van der Waals surface area contributed by atoms with Gasteiger partial charge in [-0.2, -0.15) is 0 Å². The lowest BCUT2D eigenvalue weighted by atomic mass is 10.1. The molecule has 1 heterocycles. The summed E-state index contributed by atoms with van der Waals surface area (Å²) in [7, 11) is 0. The van der Waals surface area contributed by atoms with Crippen molar-refractivity contribution in [3.8, 4) is 0 Å². The van der Waals surface area contributed by atoms with E-state index in [0.717, 1.165) is 37.6 Å². The molecule has 1 aliphatic carbocycles. The van der Waals surface area contributed by atoms with Gasteiger partial charge in [-0.15, -0.1) is 0 Å². The number of aromatic amines is 1. The van der Waals surface area contributed by atoms with Gasteiger partial charge in [0.25, 0.3) is 5.56 Å². The predicted octanol–water partition coefficient (Wildman–Crippen LogP) is 4.46. The summed E-state index contributed by atoms with van der Waals surface area (Å²) >= 11 is 5.33. The van der Waals surface area contributed by atoms with Gasteiger partial charge < -0.3 is 10.3 Å². The zero-order valence-electron chi connectivity index (χ0n) is 15.8. The maximum atomic E-state index is 12.6. The van der Waals surface area contributed by atoms with Crippen molar-refractivity contribution in [1.29, 1.82) is 0 Å². The topological polar surface area (TPSA) is 66.9 Å². The van der Waals surface area contributed by atoms with Gasteiger partial charge in [0.1, 0.15) is 0 Å². The minimum atomic E-state index is -0.0412. The number of H-pyrrole nitrogens is 1. The number of para-hydroxylation sites is 1. The number of nitrogens with one attached hydrogen (secondary N) is 2. The number of unbranched alkanes of at least 4 members (excludes halogenated alkanes) is 2. The highest BCUT2D eigenvalue weighted by Gasteiger charge is 2.14. The van der Waals surface area contributed by atoms with E-state index in [0.29, 0.717) is 29.2 Å². The number of nitrogens with zero attached hydrogens (tertiary/aromatic N) is 1. The highest BCUT2D eigenvalue weighted by atomic mass is 32.1. The van der Waals surface area contributed by atoms with Crippen LogP contribution in [0.1, 0.15) is 64.2 Å². The number of carbonyl (C=O) groups excluding carboxylic acids is 1. The van der Waals surface area contributed by atoms with E-state index < -0.39 is 0 Å². The highest BCUT2D eigenvalue weighted by Crippen LogP contribution is 2.17. The summed E-state index contributed by atoms with van der Waals surface area (Å²) in [6.07, 6.45) is 10.4. The molecular weight excluding hydrogens is 358 g/mol. The van der Waals surface area contributed by atoms with Crippen LogP contribution in [0.3, 0.4) is 0 Å². The summed E-state index contributed by atoms with van der Waals surface area (Å²) in [5.41, 5.74) is 0.736. The van der Waals surface area contributed by atoms with Crippen molar-refractivity contribution in [2.24, 2.45) is 0 Å². The molecule has 0 radical (unpaired) electrons. The van der Waals surface area contributed by atoms with E-state index >= 15 is 0 Å². The highest BCUT2D eigenvalue weighted by molar-refractivity contribution is 7.71. The van der Waals surface area contributed by atoms with Crippen LogP contribution < -0.4 is 10.9 Å². The Labute approximate surface area is 165 Å². The van der Waals surface area contributed by atoms with Gasteiger partial charge in [0.2, 0.25) is 5.91 Å². The largest absolute Gasteiger partial charge is 0.353 e. The van der Waals surface area contributed by atoms with Gasteiger partial charge in [0.05, 0.1) is 10.9 Å². The number of amides is 1. The first-order valence-electron chi connectivity index (χ1n) is 10.2. The van der Waals surface area contributed by atoms with Gasteiger partial charge >= 0.3 is 0 Å². The van der Waals surface area contributed by atoms with E-state index in [1.165, 1.54) is 25.7 Å². The smallest absolute Gasteiger partial charge is 0.262 e. The van der Waals surface area contributed by atoms with Gasteiger partial charge in [-0.3, -0.25) is 14.2 Å². The standard InChI is InChI=1S/C21H29N3O2S/c25-19(22-16-10-4-1-2-5-11-16)14-6-3-9-15-24-20(26)17-12-7-8-13-18(17)23-21(24)27/h7-8,12-13,16H,1-6,9-11,14-15H2,(H,22,25)(H,23,27). The fraction of sp³-hybridized carbons (Fsp3) is 0.571. The third kappa shape index (κ3) is 5.51. The zero-order valence-corrected chi connectivity index (χ0v) is 16.7. The first kappa shape index (κ1) is 19.8. The molecule has 2 N–H and O–H groups in total. The lowest BCUT2D eigenvalue weighted by Gasteiger charge is -2.16. The van der Waals surface area contributed by atoms with Gasteiger partial charge in [0.15, 0.2) is 4.77 Å². The maximum Gasteiger partial charge on any atom is 0.262 e. The van der Waals surface area contributed by atoms with Crippen molar-refractivity contribution < 1.29 is 4.79 Å². The summed E-state index contributed by atoms with van der Waals surface area (Å²) in [4.78, 5) is 27.8. The van der Waals surface area contributed by atoms with Crippen LogP contribution >= 0.6 is 12.2 Å². The molecule has 27 heavy (non-hydrogen) atoms. The van der Waals surface area contributed by atoms with Crippen molar-refractivity contribution in [1.82, 2.24) is 14.9 Å². The molecule has 0 aliphatic heterocycles. The lowest BCUT2D eigenvalue weighted by Crippen LogP contribution is -2.34. The minimum Gasteiger partial charge on any atom is -0.353 e. The van der Waals surface area contributed by atoms with Gasteiger partial charge in [-0.1, -0.05) is 44.2 Å². The summed E-state index contributed by atoms with van der Waals surface area (Å²) < 4.78 is 2.09. The number of fused-ring (bicyclic) bond motifs is 1. The summed E-state index contributed by atoms with van der Waals surface area (Å²) in [5, 5.41) is 3.85. The first-order valence-corrected chi connectivity index (χ1v) is 10.6. The number of hydrogen-bond donors (Lipinski definition) is 2. The molecule has 3 rings (SSSR count). The summed E-state index contributed by atoms with van der Waals surface area (Å²) in [5.74, 6) is 0.169. The van der Waals surface area contributed by atoms with E-state index in [4.69, 9.17) is 12.2 Å². The average Bonchev–Trinajstić information content (AvgIpc) is 2.92. The van der Waals surface area contributed by atoms with Crippen LogP contribution in [0.5, 0.6) is 0 Å². The molecule has 2 aromatic rings. The Balaban J connectivity index is 1.44. The molecule has 0 bridgehead atoms. The minimum absolute atomic E-state index is 0.0412. The van der Waals surface area contributed by atoms with Crippen LogP contribution in [0.2, 0.25) is 0 Å². The van der Waals surface area contributed by atoms with E-state index in [1.807, 2.05) is 24.3 Å². The Morgan fingerprint density at radius 2 is 1.85 bits per heavy atom. The number of benzene rings is 1. The molecule has 0 saturated heterocycles. The molecule has 1 aromatic heterocycles. The summed E-state index contributed by atoms with van der Waals surface area (Å²) in [6, 6.07) is 7.80. The van der Waals surface area contributed by atoms with Crippen molar-refractivity contribution >= 4 is 29.0 Å². The first-order chi connectivity index (χ1) is 13.1. The Morgan fingerprint density at radius 3 is 2.63 bits per heavy atom. The molecular formula is C21H29N3O2S. The number of rotatable bonds is 7. The zero-order chi connectivity index (χ0) is 19.1. The van der Waals surface area contributed by atoms with E-state index in [9.17, 15) is 9.59 Å². The molecule has 0 unspecified atom stereocenters. The van der Waals surface area contributed by atoms with Crippen LogP contribution in [-0.4, -0.2) is 21.5 Å². The molecule has 0 atom stereocenters. The Kier molecular flexibility index (Phi) is 7.21. The monoisotopic (exact) mass is 387 g/mol. The van der Waals surface area contributed by atoms with Crippen LogP contribution in [0.25, 0.3) is 10.9 Å². The molecule has 1 saturated carbocycles. The molecule has 1 aliphatic rings. The molecule has 1 aromatic carbocycles. The number of hydrogen-bond acceptors (Lipinski definition) is 3. The second-order valence-electron chi connectivity index (χ2n) is 7.50. The molecule has 1 fully saturated rings. The SMILES string of the molecule is O=C(CCCCCn1c(=S)[nH]c2ccccc2c1=O)NC1CCCCCC1. The molecule has 6 heteroatoms. The van der Waals surface area contributed by atoms with Gasteiger partial charge in [-0.25, -0.2) is 0 Å². The quantitative estimate of drug-likeness (QED) is 0.419. The third-order valence-corrected chi connectivity index (χ3v) is 5.72. The van der Waals surface area contributed by atoms with E-state index in [2.05, 4.69) is 10.3 Å². The van der Waals surface area contributed by atoms with Crippen LogP contribution in [-0.2, 0) is 11.3 Å². The van der Waals surface area contributed by atoms with Crippen LogP contribution in [0, 0.1) is 4.77 Å². The Hall–Kier alpha value is -1.95. The fourth-order valence-corrected chi connectivity index (χ4v) is 4.14. The predicted molar refractivity (Wildman–Crippen MR) is 111 cm³/mol. The van der Waals surface area contributed by atoms with Crippen LogP contribution in [0.4, 0.5) is 0 Å². The third-order valence-electron chi connectivity index (χ3n) is 5.40. The van der Waals surface area contributed by atoms with Crippen molar-refractivity contribution in [2.75, 3.05) is 0 Å². The van der Waals surface area contributed by atoms with E-state index in [-0.39, 0.29) is 11.5 Å². The van der Waals surface area contributed by atoms with Gasteiger partial charge in [0, 0.05) is 19.0 Å². The second-order valence-corrected chi connectivity index (χ2v) is 7.89. The molecule has 1 amide bonds. The normalized spacial score (nSPS) is 15.6. The van der Waals surface area contributed by atoms with Crippen LogP contribution in [0.15, 0.2) is 29.1 Å². The lowest BCUT2D eigenvalue weighted by molar-refractivity contribution is -0.122. The Bertz CT molecular complexity index is 879. The number of aromatic nitrogens is 2. The second kappa shape index (κ2) is 9.83. The molecule has 5 nitrogen and oxygen atoms in total. The number of carbonyl (C=O) groups is 1. The van der Waals surface area contributed by atoms with Crippen molar-refractivity contribution in [3.05, 3.63) is 39.4 Å². The maximum absolute atomic E-state index is 12.6. The molecule has 146 valence electrons. The summed E-state index contributed by atoms with van der Waals surface area (Å²) in [6.45, 7) is 0.587. The average molecular weight is 388 g/mol. The van der Waals surface area contributed by atoms with E-state index in [1.54, 1.807) is 4.57 Å². The van der Waals surface area contributed by atoms with Gasteiger partial charge in [-0.05, 0) is 50.0 Å². The fourth-order valence-electron chi connectivity index (χ4n) is 3.86. The van der Waals surface area contributed by atoms with Crippen molar-refractivity contribution in [2.45, 2.75) is 76.8 Å². The van der Waals surface area contributed by atoms with Crippen molar-refractivity contribution in [3.63, 3.8) is 0 Å². The Morgan fingerprint density at radius 1 is 1.11 bits per heavy atom.